The number of unbranched alkanes of at least 4 members (excludes halogenated alkanes) is 1. The summed E-state index contributed by atoms with van der Waals surface area (Å²) < 4.78 is 6.32. The van der Waals surface area contributed by atoms with Crippen LogP contribution in [0.15, 0.2) is 60.7 Å². The summed E-state index contributed by atoms with van der Waals surface area (Å²) in [7, 11) is -1.67. The normalized spacial score (nSPS) is 16.7. The van der Waals surface area contributed by atoms with Crippen LogP contribution < -0.4 is 0 Å². The summed E-state index contributed by atoms with van der Waals surface area (Å²) in [6.07, 6.45) is 3.07. The van der Waals surface area contributed by atoms with Crippen LogP contribution >= 0.6 is 0 Å². The molecule has 1 aliphatic heterocycles. The summed E-state index contributed by atoms with van der Waals surface area (Å²) in [5, 5.41) is 0.253. The Morgan fingerprint density at radius 2 is 1.48 bits per heavy atom. The molecule has 0 aliphatic carbocycles. The van der Waals surface area contributed by atoms with E-state index in [0.29, 0.717) is 0 Å². The van der Waals surface area contributed by atoms with Gasteiger partial charge in [-0.15, -0.1) is 0 Å². The zero-order valence-electron chi connectivity index (χ0n) is 19.9. The molecule has 1 heterocycles. The molecule has 0 N–H and O–H groups in total. The molecule has 31 heavy (non-hydrogen) atoms. The van der Waals surface area contributed by atoms with E-state index in [9.17, 15) is 0 Å². The number of likely N-dealkylation sites (tertiary alicyclic amines) is 1. The van der Waals surface area contributed by atoms with E-state index in [1.54, 1.807) is 0 Å². The monoisotopic (exact) mass is 434 g/mol. The zero-order valence-corrected chi connectivity index (χ0v) is 20.9. The van der Waals surface area contributed by atoms with Gasteiger partial charge >= 0.3 is 0 Å². The molecule has 2 aromatic carbocycles. The Labute approximate surface area is 190 Å². The first-order valence-corrected chi connectivity index (χ1v) is 14.4. The third kappa shape index (κ3) is 5.66. The molecule has 0 spiro atoms. The molecule has 0 bridgehead atoms. The molecule has 4 heteroatoms. The van der Waals surface area contributed by atoms with Gasteiger partial charge in [0, 0.05) is 13.0 Å². The van der Waals surface area contributed by atoms with E-state index in [1.165, 1.54) is 11.1 Å². The van der Waals surface area contributed by atoms with Gasteiger partial charge in [0.05, 0.1) is 19.1 Å². The summed E-state index contributed by atoms with van der Waals surface area (Å²) in [4.78, 5) is 6.57. The first-order chi connectivity index (χ1) is 14.7. The minimum absolute atomic E-state index is 0.221. The van der Waals surface area contributed by atoms with Crippen molar-refractivity contribution in [3.05, 3.63) is 83.2 Å². The van der Waals surface area contributed by atoms with Crippen molar-refractivity contribution < 1.29 is 4.43 Å². The van der Waals surface area contributed by atoms with Crippen molar-refractivity contribution in [2.45, 2.75) is 69.7 Å². The second kappa shape index (κ2) is 9.69. The molecular formula is C27H38N2OSi. The largest absolute Gasteiger partial charge is 0.417 e. The zero-order chi connectivity index (χ0) is 22.5. The van der Waals surface area contributed by atoms with Crippen molar-refractivity contribution in [3.63, 3.8) is 0 Å². The Balaban J connectivity index is 1.57. The van der Waals surface area contributed by atoms with Crippen molar-refractivity contribution in [2.24, 2.45) is 0 Å². The minimum Gasteiger partial charge on any atom is -0.417 e. The van der Waals surface area contributed by atoms with E-state index in [4.69, 9.17) is 11.0 Å². The summed E-state index contributed by atoms with van der Waals surface area (Å²) >= 11 is 0. The maximum absolute atomic E-state index is 7.88. The van der Waals surface area contributed by atoms with E-state index in [0.717, 1.165) is 39.0 Å². The predicted molar refractivity (Wildman–Crippen MR) is 133 cm³/mol. The van der Waals surface area contributed by atoms with Gasteiger partial charge in [0.25, 0.3) is 5.54 Å². The molecule has 0 amide bonds. The second-order valence-electron chi connectivity index (χ2n) is 10.5. The fourth-order valence-corrected chi connectivity index (χ4v) is 5.25. The Kier molecular flexibility index (Phi) is 7.42. The van der Waals surface area contributed by atoms with Crippen LogP contribution in [0.5, 0.6) is 0 Å². The van der Waals surface area contributed by atoms with Crippen molar-refractivity contribution in [2.75, 3.05) is 19.7 Å². The van der Waals surface area contributed by atoms with Crippen LogP contribution in [-0.2, 0) is 4.43 Å². The van der Waals surface area contributed by atoms with E-state index in [2.05, 4.69) is 104 Å². The first-order valence-electron chi connectivity index (χ1n) is 11.5. The van der Waals surface area contributed by atoms with Gasteiger partial charge in [0.1, 0.15) is 0 Å². The number of hydrogen-bond donors (Lipinski definition) is 0. The highest BCUT2D eigenvalue weighted by atomic mass is 28.4. The van der Waals surface area contributed by atoms with Crippen LogP contribution in [-0.4, -0.2) is 38.5 Å². The predicted octanol–water partition coefficient (Wildman–Crippen LogP) is 6.94. The number of hydrogen-bond acceptors (Lipinski definition) is 2. The summed E-state index contributed by atoms with van der Waals surface area (Å²) in [6, 6.07) is 21.6. The van der Waals surface area contributed by atoms with Gasteiger partial charge in [-0.25, -0.2) is 6.57 Å². The van der Waals surface area contributed by atoms with E-state index >= 15 is 0 Å². The van der Waals surface area contributed by atoms with E-state index in [-0.39, 0.29) is 16.6 Å². The van der Waals surface area contributed by atoms with Crippen molar-refractivity contribution in [3.8, 4) is 0 Å². The Bertz CT molecular complexity index is 822. The van der Waals surface area contributed by atoms with Gasteiger partial charge in [-0.1, -0.05) is 81.4 Å². The second-order valence-corrected chi connectivity index (χ2v) is 15.3. The Morgan fingerprint density at radius 1 is 0.968 bits per heavy atom. The highest BCUT2D eigenvalue weighted by Gasteiger charge is 2.51. The van der Waals surface area contributed by atoms with Gasteiger partial charge in [-0.05, 0) is 42.1 Å². The van der Waals surface area contributed by atoms with Crippen LogP contribution in [0.3, 0.4) is 0 Å². The lowest BCUT2D eigenvalue weighted by Gasteiger charge is -2.46. The van der Waals surface area contributed by atoms with E-state index in [1.807, 2.05) is 0 Å². The number of rotatable bonds is 9. The first kappa shape index (κ1) is 23.7. The highest BCUT2D eigenvalue weighted by Crippen LogP contribution is 2.40. The third-order valence-corrected chi connectivity index (χ3v) is 11.7. The maximum Gasteiger partial charge on any atom is 0.257 e. The minimum atomic E-state index is -1.67. The fraction of sp³-hybridized carbons (Fsp3) is 0.519. The lowest BCUT2D eigenvalue weighted by atomic mass is 9.82. The maximum atomic E-state index is 7.88. The molecular weight excluding hydrogens is 396 g/mol. The topological polar surface area (TPSA) is 16.8 Å². The molecule has 1 aliphatic rings. The number of nitrogens with zero attached hydrogens (tertiary/aromatic N) is 2. The molecule has 3 rings (SSSR count). The quantitative estimate of drug-likeness (QED) is 0.241. The molecule has 2 aromatic rings. The summed E-state index contributed by atoms with van der Waals surface area (Å²) in [5.74, 6) is 0. The Hall–Kier alpha value is -1.93. The van der Waals surface area contributed by atoms with Crippen LogP contribution in [0, 0.1) is 6.57 Å². The molecule has 1 fully saturated rings. The Morgan fingerprint density at radius 3 is 1.94 bits per heavy atom. The molecule has 1 saturated heterocycles. The third-order valence-electron chi connectivity index (χ3n) is 7.13. The van der Waals surface area contributed by atoms with E-state index < -0.39 is 8.32 Å². The fourth-order valence-electron chi connectivity index (χ4n) is 4.16. The van der Waals surface area contributed by atoms with Gasteiger partial charge in [-0.3, -0.25) is 4.90 Å². The van der Waals surface area contributed by atoms with Gasteiger partial charge in [0.2, 0.25) is 0 Å². The van der Waals surface area contributed by atoms with Gasteiger partial charge in [-0.2, -0.15) is 0 Å². The number of benzene rings is 2. The molecule has 0 saturated carbocycles. The molecule has 166 valence electrons. The average molecular weight is 435 g/mol. The lowest BCUT2D eigenvalue weighted by molar-refractivity contribution is 0.0588. The van der Waals surface area contributed by atoms with Crippen LogP contribution in [0.25, 0.3) is 4.85 Å². The van der Waals surface area contributed by atoms with Crippen LogP contribution in [0.1, 0.15) is 57.2 Å². The van der Waals surface area contributed by atoms with Gasteiger partial charge in [0.15, 0.2) is 8.32 Å². The highest BCUT2D eigenvalue weighted by molar-refractivity contribution is 6.74. The standard InChI is InChI=1S/C27H38N2OSi/c1-26(2,3)31(5,6)30-20-14-13-19-27(28-4)21-29(22-27)25(23-15-9-7-10-16-23)24-17-11-8-12-18-24/h7-12,15-18,25H,13-14,19-22H2,1-3,5-6H3. The molecule has 0 aromatic heterocycles. The molecule has 0 radical (unpaired) electrons. The van der Waals surface area contributed by atoms with Crippen LogP contribution in [0.4, 0.5) is 0 Å². The SMILES string of the molecule is [C-]#[N+]C1(CCCCO[Si](C)(C)C(C)(C)C)CN(C(c2ccccc2)c2ccccc2)C1. The van der Waals surface area contributed by atoms with Crippen molar-refractivity contribution in [1.29, 1.82) is 0 Å². The lowest BCUT2D eigenvalue weighted by Crippen LogP contribution is -2.60. The smallest absolute Gasteiger partial charge is 0.257 e. The summed E-state index contributed by atoms with van der Waals surface area (Å²) in [6.45, 7) is 21.9. The van der Waals surface area contributed by atoms with Crippen molar-refractivity contribution in [1.82, 2.24) is 4.90 Å². The average Bonchev–Trinajstić information content (AvgIpc) is 2.72. The van der Waals surface area contributed by atoms with Gasteiger partial charge < -0.3 is 9.27 Å². The summed E-state index contributed by atoms with van der Waals surface area (Å²) in [5.41, 5.74) is 2.36. The molecule has 3 nitrogen and oxygen atoms in total. The molecule has 0 atom stereocenters. The van der Waals surface area contributed by atoms with Crippen molar-refractivity contribution >= 4 is 8.32 Å². The van der Waals surface area contributed by atoms with Crippen LogP contribution in [0.2, 0.25) is 18.1 Å². The molecule has 0 unspecified atom stereocenters.